The summed E-state index contributed by atoms with van der Waals surface area (Å²) in [6.45, 7) is 4.53. The van der Waals surface area contributed by atoms with E-state index in [0.29, 0.717) is 6.54 Å². The Morgan fingerprint density at radius 2 is 2.44 bits per heavy atom. The smallest absolute Gasteiger partial charge is 0.227 e. The summed E-state index contributed by atoms with van der Waals surface area (Å²) in [4.78, 5) is 13.4. The van der Waals surface area contributed by atoms with E-state index in [1.165, 1.54) is 4.88 Å². The molecule has 1 aromatic rings. The van der Waals surface area contributed by atoms with E-state index in [0.717, 1.165) is 36.7 Å². The van der Waals surface area contributed by atoms with Crippen LogP contribution in [0, 0.1) is 5.41 Å². The highest BCUT2D eigenvalue weighted by atomic mass is 35.5. The van der Waals surface area contributed by atoms with E-state index in [4.69, 9.17) is 11.6 Å². The van der Waals surface area contributed by atoms with E-state index in [1.807, 2.05) is 12.1 Å². The Labute approximate surface area is 117 Å². The summed E-state index contributed by atoms with van der Waals surface area (Å²) in [5.41, 5.74) is -0.187. The molecule has 1 aliphatic rings. The second-order valence-electron chi connectivity index (χ2n) is 4.77. The highest BCUT2D eigenvalue weighted by Crippen LogP contribution is 2.29. The monoisotopic (exact) mass is 286 g/mol. The zero-order valence-corrected chi connectivity index (χ0v) is 12.2. The minimum atomic E-state index is -0.187. The van der Waals surface area contributed by atoms with Crippen LogP contribution < -0.4 is 10.6 Å². The number of carbonyl (C=O) groups excluding carboxylic acids is 1. The maximum absolute atomic E-state index is 12.2. The van der Waals surface area contributed by atoms with Gasteiger partial charge >= 0.3 is 0 Å². The lowest BCUT2D eigenvalue weighted by Gasteiger charge is -2.25. The maximum atomic E-state index is 12.2. The van der Waals surface area contributed by atoms with Crippen LogP contribution in [-0.4, -0.2) is 25.5 Å². The number of thiophene rings is 1. The summed E-state index contributed by atoms with van der Waals surface area (Å²) in [7, 11) is 0. The zero-order chi connectivity index (χ0) is 13.0. The fourth-order valence-electron chi connectivity index (χ4n) is 2.37. The lowest BCUT2D eigenvalue weighted by Crippen LogP contribution is -2.42. The molecule has 5 heteroatoms. The molecule has 0 saturated carbocycles. The predicted octanol–water partition coefficient (Wildman–Crippen LogP) is 2.45. The SMILES string of the molecule is CCC1(C(=O)NCCc2ccc(Cl)s2)CCNC1. The Morgan fingerprint density at radius 3 is 3.00 bits per heavy atom. The topological polar surface area (TPSA) is 41.1 Å². The van der Waals surface area contributed by atoms with Crippen LogP contribution in [0.15, 0.2) is 12.1 Å². The third kappa shape index (κ3) is 3.05. The molecule has 1 atom stereocenters. The molecule has 3 nitrogen and oxygen atoms in total. The number of hydrogen-bond acceptors (Lipinski definition) is 3. The predicted molar refractivity (Wildman–Crippen MR) is 76.3 cm³/mol. The van der Waals surface area contributed by atoms with Crippen molar-refractivity contribution in [3.63, 3.8) is 0 Å². The summed E-state index contributed by atoms with van der Waals surface area (Å²) in [5.74, 6) is 0.192. The Kier molecular flexibility index (Phi) is 4.65. The van der Waals surface area contributed by atoms with Crippen LogP contribution in [0.5, 0.6) is 0 Å². The molecule has 1 aromatic heterocycles. The van der Waals surface area contributed by atoms with E-state index in [-0.39, 0.29) is 11.3 Å². The van der Waals surface area contributed by atoms with Crippen molar-refractivity contribution in [3.8, 4) is 0 Å². The minimum Gasteiger partial charge on any atom is -0.355 e. The van der Waals surface area contributed by atoms with Crippen molar-refractivity contribution in [2.45, 2.75) is 26.2 Å². The van der Waals surface area contributed by atoms with Crippen molar-refractivity contribution in [3.05, 3.63) is 21.3 Å². The van der Waals surface area contributed by atoms with Gasteiger partial charge in [0.25, 0.3) is 0 Å². The van der Waals surface area contributed by atoms with Crippen LogP contribution in [0.4, 0.5) is 0 Å². The first-order chi connectivity index (χ1) is 8.66. The van der Waals surface area contributed by atoms with Crippen molar-refractivity contribution >= 4 is 28.8 Å². The largest absolute Gasteiger partial charge is 0.355 e. The van der Waals surface area contributed by atoms with Gasteiger partial charge in [-0.05, 0) is 37.9 Å². The molecule has 1 fully saturated rings. The first-order valence-corrected chi connectivity index (χ1v) is 7.59. The van der Waals surface area contributed by atoms with Gasteiger partial charge in [-0.2, -0.15) is 0 Å². The molecule has 1 unspecified atom stereocenters. The van der Waals surface area contributed by atoms with Gasteiger partial charge in [-0.3, -0.25) is 4.79 Å². The quantitative estimate of drug-likeness (QED) is 0.873. The van der Waals surface area contributed by atoms with E-state index in [2.05, 4.69) is 17.6 Å². The molecule has 2 N–H and O–H groups in total. The fraction of sp³-hybridized carbons (Fsp3) is 0.615. The molecule has 100 valence electrons. The summed E-state index contributed by atoms with van der Waals surface area (Å²) in [5, 5.41) is 6.34. The molecular formula is C13H19ClN2OS. The average Bonchev–Trinajstić information content (AvgIpc) is 2.99. The van der Waals surface area contributed by atoms with Crippen LogP contribution in [-0.2, 0) is 11.2 Å². The number of carbonyl (C=O) groups is 1. The molecule has 0 aromatic carbocycles. The molecule has 0 bridgehead atoms. The van der Waals surface area contributed by atoms with Crippen LogP contribution in [0.3, 0.4) is 0 Å². The number of halogens is 1. The van der Waals surface area contributed by atoms with Crippen molar-refractivity contribution in [2.75, 3.05) is 19.6 Å². The normalized spacial score (nSPS) is 23.2. The lowest BCUT2D eigenvalue weighted by molar-refractivity contribution is -0.130. The van der Waals surface area contributed by atoms with E-state index >= 15 is 0 Å². The standard InChI is InChI=1S/C13H19ClN2OS/c1-2-13(6-8-15-9-13)12(17)16-7-5-10-3-4-11(14)18-10/h3-4,15H,2,5-9H2,1H3,(H,16,17). The van der Waals surface area contributed by atoms with E-state index in [9.17, 15) is 4.79 Å². The minimum absolute atomic E-state index is 0.187. The van der Waals surface area contributed by atoms with Crippen LogP contribution >= 0.6 is 22.9 Å². The number of nitrogens with one attached hydrogen (secondary N) is 2. The second kappa shape index (κ2) is 6.04. The Morgan fingerprint density at radius 1 is 1.61 bits per heavy atom. The van der Waals surface area contributed by atoms with Gasteiger partial charge in [0.2, 0.25) is 5.91 Å². The van der Waals surface area contributed by atoms with Crippen LogP contribution in [0.2, 0.25) is 4.34 Å². The third-order valence-electron chi connectivity index (χ3n) is 3.69. The first-order valence-electron chi connectivity index (χ1n) is 6.39. The van der Waals surface area contributed by atoms with Gasteiger partial charge in [0.15, 0.2) is 0 Å². The van der Waals surface area contributed by atoms with Crippen LogP contribution in [0.25, 0.3) is 0 Å². The van der Waals surface area contributed by atoms with Gasteiger partial charge in [-0.25, -0.2) is 0 Å². The molecule has 18 heavy (non-hydrogen) atoms. The van der Waals surface area contributed by atoms with Gasteiger partial charge in [-0.1, -0.05) is 18.5 Å². The summed E-state index contributed by atoms with van der Waals surface area (Å²) < 4.78 is 0.807. The van der Waals surface area contributed by atoms with Crippen molar-refractivity contribution in [2.24, 2.45) is 5.41 Å². The molecule has 1 saturated heterocycles. The van der Waals surface area contributed by atoms with Crippen molar-refractivity contribution < 1.29 is 4.79 Å². The van der Waals surface area contributed by atoms with Crippen LogP contribution in [0.1, 0.15) is 24.6 Å². The van der Waals surface area contributed by atoms with Gasteiger partial charge < -0.3 is 10.6 Å². The second-order valence-corrected chi connectivity index (χ2v) is 6.57. The van der Waals surface area contributed by atoms with Crippen molar-refractivity contribution in [1.82, 2.24) is 10.6 Å². The summed E-state index contributed by atoms with van der Waals surface area (Å²) in [6, 6.07) is 3.92. The fourth-order valence-corrected chi connectivity index (χ4v) is 3.46. The van der Waals surface area contributed by atoms with E-state index < -0.39 is 0 Å². The summed E-state index contributed by atoms with van der Waals surface area (Å²) in [6.07, 6.45) is 2.70. The number of rotatable bonds is 5. The molecule has 2 rings (SSSR count). The Bertz CT molecular complexity index is 413. The van der Waals surface area contributed by atoms with Gasteiger partial charge in [0, 0.05) is 18.0 Å². The zero-order valence-electron chi connectivity index (χ0n) is 10.6. The lowest BCUT2D eigenvalue weighted by atomic mass is 9.83. The molecule has 1 amide bonds. The molecule has 0 aliphatic carbocycles. The molecule has 0 radical (unpaired) electrons. The van der Waals surface area contributed by atoms with Gasteiger partial charge in [-0.15, -0.1) is 11.3 Å². The molecular weight excluding hydrogens is 268 g/mol. The average molecular weight is 287 g/mol. The molecule has 0 spiro atoms. The summed E-state index contributed by atoms with van der Waals surface area (Å²) >= 11 is 7.45. The Balaban J connectivity index is 1.81. The highest BCUT2D eigenvalue weighted by Gasteiger charge is 2.38. The Hall–Kier alpha value is -0.580. The first kappa shape index (κ1) is 13.8. The van der Waals surface area contributed by atoms with E-state index in [1.54, 1.807) is 11.3 Å². The number of amides is 1. The maximum Gasteiger partial charge on any atom is 0.227 e. The molecule has 2 heterocycles. The van der Waals surface area contributed by atoms with Crippen molar-refractivity contribution in [1.29, 1.82) is 0 Å². The highest BCUT2D eigenvalue weighted by molar-refractivity contribution is 7.16. The number of hydrogen-bond donors (Lipinski definition) is 2. The molecule has 1 aliphatic heterocycles. The van der Waals surface area contributed by atoms with Gasteiger partial charge in [0.05, 0.1) is 9.75 Å². The van der Waals surface area contributed by atoms with Gasteiger partial charge in [0.1, 0.15) is 0 Å². The third-order valence-corrected chi connectivity index (χ3v) is 4.98.